The molecule has 20 heavy (non-hydrogen) atoms. The first-order valence-electron chi connectivity index (χ1n) is 5.79. The molecule has 0 spiro atoms. The molecule has 0 bridgehead atoms. The summed E-state index contributed by atoms with van der Waals surface area (Å²) in [6.45, 7) is 1.88. The number of carbonyl (C=O) groups excluding carboxylic acids is 1. The van der Waals surface area contributed by atoms with E-state index in [4.69, 9.17) is 0 Å². The number of hydrogen-bond acceptors (Lipinski definition) is 4. The molecule has 0 aromatic heterocycles. The molecule has 0 radical (unpaired) electrons. The highest BCUT2D eigenvalue weighted by Crippen LogP contribution is 2.19. The Balaban J connectivity index is 2.28. The van der Waals surface area contributed by atoms with Crippen LogP contribution in [-0.2, 0) is 14.8 Å². The SMILES string of the molecule is Cc1cccc(NS(=O)(=O)c2ccc(N=C=O)cc2)c1. The highest BCUT2D eigenvalue weighted by Gasteiger charge is 2.13. The molecule has 102 valence electrons. The fraction of sp³-hybridized carbons (Fsp3) is 0.0714. The van der Waals surface area contributed by atoms with Crippen LogP contribution in [0.1, 0.15) is 5.56 Å². The number of nitrogens with one attached hydrogen (secondary N) is 1. The Morgan fingerprint density at radius 2 is 1.80 bits per heavy atom. The molecule has 0 unspecified atom stereocenters. The lowest BCUT2D eigenvalue weighted by molar-refractivity contribution is 0.565. The number of rotatable bonds is 4. The van der Waals surface area contributed by atoms with Gasteiger partial charge in [0.15, 0.2) is 0 Å². The van der Waals surface area contributed by atoms with Crippen molar-refractivity contribution in [2.24, 2.45) is 4.99 Å². The predicted molar refractivity (Wildman–Crippen MR) is 76.2 cm³/mol. The van der Waals surface area contributed by atoms with Gasteiger partial charge in [-0.1, -0.05) is 12.1 Å². The Kier molecular flexibility index (Phi) is 3.98. The molecule has 0 fully saturated rings. The molecule has 0 aliphatic heterocycles. The van der Waals surface area contributed by atoms with E-state index in [1.807, 2.05) is 13.0 Å². The van der Waals surface area contributed by atoms with Crippen molar-refractivity contribution >= 4 is 27.5 Å². The highest BCUT2D eigenvalue weighted by atomic mass is 32.2. The van der Waals surface area contributed by atoms with Crippen molar-refractivity contribution in [1.29, 1.82) is 0 Å². The molecule has 0 atom stereocenters. The number of sulfonamides is 1. The number of aryl methyl sites for hydroxylation is 1. The first kappa shape index (κ1) is 14.0. The topological polar surface area (TPSA) is 75.6 Å². The van der Waals surface area contributed by atoms with Crippen LogP contribution in [0.2, 0.25) is 0 Å². The van der Waals surface area contributed by atoms with Gasteiger partial charge in [0.25, 0.3) is 10.0 Å². The van der Waals surface area contributed by atoms with Crippen molar-refractivity contribution in [1.82, 2.24) is 0 Å². The van der Waals surface area contributed by atoms with E-state index in [0.29, 0.717) is 11.4 Å². The summed E-state index contributed by atoms with van der Waals surface area (Å²) in [6, 6.07) is 12.7. The second-order valence-corrected chi connectivity index (χ2v) is 5.85. The van der Waals surface area contributed by atoms with Crippen LogP contribution >= 0.6 is 0 Å². The molecule has 1 N–H and O–H groups in total. The smallest absolute Gasteiger partial charge is 0.261 e. The molecule has 0 aliphatic rings. The maximum absolute atomic E-state index is 12.2. The summed E-state index contributed by atoms with van der Waals surface area (Å²) >= 11 is 0. The van der Waals surface area contributed by atoms with Crippen molar-refractivity contribution in [3.8, 4) is 0 Å². The first-order chi connectivity index (χ1) is 9.51. The maximum atomic E-state index is 12.2. The normalized spacial score (nSPS) is 10.7. The van der Waals surface area contributed by atoms with Gasteiger partial charge in [0.05, 0.1) is 10.6 Å². The van der Waals surface area contributed by atoms with E-state index in [1.54, 1.807) is 18.2 Å². The average Bonchev–Trinajstić information content (AvgIpc) is 2.39. The quantitative estimate of drug-likeness (QED) is 0.694. The summed E-state index contributed by atoms with van der Waals surface area (Å²) in [6.07, 6.45) is 1.40. The van der Waals surface area contributed by atoms with Crippen molar-refractivity contribution in [2.75, 3.05) is 4.72 Å². The van der Waals surface area contributed by atoms with Crippen molar-refractivity contribution in [3.05, 3.63) is 54.1 Å². The summed E-state index contributed by atoms with van der Waals surface area (Å²) in [5, 5.41) is 0. The van der Waals surface area contributed by atoms with Gasteiger partial charge in [-0.25, -0.2) is 13.2 Å². The lowest BCUT2D eigenvalue weighted by Gasteiger charge is -2.08. The highest BCUT2D eigenvalue weighted by molar-refractivity contribution is 7.92. The van der Waals surface area contributed by atoms with Gasteiger partial charge >= 0.3 is 0 Å². The zero-order valence-electron chi connectivity index (χ0n) is 10.7. The summed E-state index contributed by atoms with van der Waals surface area (Å²) in [5.41, 5.74) is 1.82. The van der Waals surface area contributed by atoms with Crippen molar-refractivity contribution in [3.63, 3.8) is 0 Å². The van der Waals surface area contributed by atoms with E-state index in [0.717, 1.165) is 5.56 Å². The van der Waals surface area contributed by atoms with Gasteiger partial charge in [-0.2, -0.15) is 4.99 Å². The number of nitrogens with zero attached hydrogens (tertiary/aromatic N) is 1. The number of hydrogen-bond donors (Lipinski definition) is 1. The summed E-state index contributed by atoms with van der Waals surface area (Å²) in [4.78, 5) is 13.6. The van der Waals surface area contributed by atoms with Crippen LogP contribution < -0.4 is 4.72 Å². The van der Waals surface area contributed by atoms with E-state index in [9.17, 15) is 13.2 Å². The van der Waals surface area contributed by atoms with Gasteiger partial charge in [0.2, 0.25) is 6.08 Å². The number of isocyanates is 1. The third kappa shape index (κ3) is 3.32. The van der Waals surface area contributed by atoms with Crippen molar-refractivity contribution < 1.29 is 13.2 Å². The van der Waals surface area contributed by atoms with Crippen molar-refractivity contribution in [2.45, 2.75) is 11.8 Å². The lowest BCUT2D eigenvalue weighted by atomic mass is 10.2. The largest absolute Gasteiger partial charge is 0.280 e. The second kappa shape index (κ2) is 5.69. The number of benzene rings is 2. The van der Waals surface area contributed by atoms with Gasteiger partial charge < -0.3 is 0 Å². The zero-order valence-corrected chi connectivity index (χ0v) is 11.5. The molecule has 6 heteroatoms. The van der Waals surface area contributed by atoms with Crippen LogP contribution in [0.4, 0.5) is 11.4 Å². The molecule has 2 aromatic rings. The molecular formula is C14H12N2O3S. The standard InChI is InChI=1S/C14H12N2O3S/c1-11-3-2-4-13(9-11)16-20(18,19)14-7-5-12(6-8-14)15-10-17/h2-9,16H,1H3. The molecule has 5 nitrogen and oxygen atoms in total. The molecule has 0 saturated heterocycles. The van der Waals surface area contributed by atoms with Gasteiger partial charge in [-0.05, 0) is 48.9 Å². The summed E-state index contributed by atoms with van der Waals surface area (Å²) < 4.78 is 26.8. The monoisotopic (exact) mass is 288 g/mol. The minimum absolute atomic E-state index is 0.101. The van der Waals surface area contributed by atoms with Crippen LogP contribution in [-0.4, -0.2) is 14.5 Å². The van der Waals surface area contributed by atoms with E-state index in [1.165, 1.54) is 30.3 Å². The molecule has 2 aromatic carbocycles. The van der Waals surface area contributed by atoms with E-state index in [2.05, 4.69) is 9.71 Å². The molecular weight excluding hydrogens is 276 g/mol. The fourth-order valence-electron chi connectivity index (χ4n) is 1.68. The van der Waals surface area contributed by atoms with Crippen LogP contribution in [0.15, 0.2) is 58.4 Å². The Morgan fingerprint density at radius 3 is 2.40 bits per heavy atom. The second-order valence-electron chi connectivity index (χ2n) is 4.17. The third-order valence-corrected chi connectivity index (χ3v) is 3.99. The maximum Gasteiger partial charge on any atom is 0.261 e. The van der Waals surface area contributed by atoms with Crippen LogP contribution in [0.5, 0.6) is 0 Å². The van der Waals surface area contributed by atoms with Crippen LogP contribution in [0.3, 0.4) is 0 Å². The zero-order chi connectivity index (χ0) is 14.6. The number of aliphatic imine (C=N–C) groups is 1. The number of anilines is 1. The molecule has 0 aliphatic carbocycles. The lowest BCUT2D eigenvalue weighted by Crippen LogP contribution is -2.12. The van der Waals surface area contributed by atoms with E-state index >= 15 is 0 Å². The Bertz CT molecular complexity index is 761. The van der Waals surface area contributed by atoms with E-state index in [-0.39, 0.29) is 4.90 Å². The van der Waals surface area contributed by atoms with Gasteiger partial charge in [-0.3, -0.25) is 4.72 Å². The van der Waals surface area contributed by atoms with Gasteiger partial charge in [-0.15, -0.1) is 0 Å². The Hall–Kier alpha value is -2.43. The molecule has 0 heterocycles. The minimum Gasteiger partial charge on any atom is -0.280 e. The fourth-order valence-corrected chi connectivity index (χ4v) is 2.72. The summed E-state index contributed by atoms with van der Waals surface area (Å²) in [7, 11) is -3.65. The molecule has 0 amide bonds. The Morgan fingerprint density at radius 1 is 1.10 bits per heavy atom. The predicted octanol–water partition coefficient (Wildman–Crippen LogP) is 2.76. The van der Waals surface area contributed by atoms with Crippen LogP contribution in [0.25, 0.3) is 0 Å². The Labute approximate surface area is 117 Å². The minimum atomic E-state index is -3.65. The molecule has 2 rings (SSSR count). The van der Waals surface area contributed by atoms with Gasteiger partial charge in [0.1, 0.15) is 0 Å². The van der Waals surface area contributed by atoms with Crippen LogP contribution in [0, 0.1) is 6.92 Å². The third-order valence-electron chi connectivity index (χ3n) is 2.59. The molecule has 0 saturated carbocycles. The average molecular weight is 288 g/mol. The van der Waals surface area contributed by atoms with Gasteiger partial charge in [0, 0.05) is 5.69 Å². The summed E-state index contributed by atoms with van der Waals surface area (Å²) in [5.74, 6) is 0. The van der Waals surface area contributed by atoms with E-state index < -0.39 is 10.0 Å². The first-order valence-corrected chi connectivity index (χ1v) is 7.27.